The third-order valence-electron chi connectivity index (χ3n) is 6.38. The van der Waals surface area contributed by atoms with E-state index in [1.165, 1.54) is 6.33 Å². The number of amides is 2. The molecule has 0 fully saturated rings. The molecule has 0 atom stereocenters. The van der Waals surface area contributed by atoms with E-state index >= 15 is 0 Å². The number of fused-ring (bicyclic) bond motifs is 1. The largest absolute Gasteiger partial charge is 0.397 e. The Kier molecular flexibility index (Phi) is 7.04. The summed E-state index contributed by atoms with van der Waals surface area (Å²) in [5.74, 6) is 0.00643. The quantitative estimate of drug-likeness (QED) is 0.231. The molecule has 1 aliphatic rings. The van der Waals surface area contributed by atoms with Crippen LogP contribution < -0.4 is 11.1 Å². The zero-order valence-electron chi connectivity index (χ0n) is 19.8. The van der Waals surface area contributed by atoms with E-state index in [-0.39, 0.29) is 11.8 Å². The highest BCUT2D eigenvalue weighted by molar-refractivity contribution is 7.13. The number of thiophene rings is 1. The minimum absolute atomic E-state index is 0.0515. The highest BCUT2D eigenvalue weighted by Crippen LogP contribution is 2.33. The molecule has 4 aromatic rings. The van der Waals surface area contributed by atoms with Gasteiger partial charge in [-0.25, -0.2) is 9.97 Å². The monoisotopic (exact) mass is 497 g/mol. The van der Waals surface area contributed by atoms with Crippen molar-refractivity contribution in [3.63, 3.8) is 0 Å². The summed E-state index contributed by atoms with van der Waals surface area (Å²) in [7, 11) is 0. The Morgan fingerprint density at radius 1 is 1.00 bits per heavy atom. The zero-order chi connectivity index (χ0) is 24.9. The fraction of sp³-hybridized carbons (Fsp3) is 0.214. The van der Waals surface area contributed by atoms with E-state index in [9.17, 15) is 9.59 Å². The second-order valence-corrected chi connectivity index (χ2v) is 9.77. The predicted molar refractivity (Wildman–Crippen MR) is 143 cm³/mol. The van der Waals surface area contributed by atoms with Crippen molar-refractivity contribution in [2.75, 3.05) is 17.6 Å². The molecule has 2 amide bonds. The van der Waals surface area contributed by atoms with Gasteiger partial charge in [0.1, 0.15) is 6.33 Å². The van der Waals surface area contributed by atoms with Crippen LogP contribution in [0.15, 0.2) is 72.6 Å². The molecule has 3 N–H and O–H groups in total. The van der Waals surface area contributed by atoms with E-state index in [2.05, 4.69) is 15.3 Å². The van der Waals surface area contributed by atoms with Gasteiger partial charge in [-0.1, -0.05) is 30.7 Å². The number of carbonyl (C=O) groups excluding carboxylic acids is 2. The Labute approximate surface area is 214 Å². The van der Waals surface area contributed by atoms with Crippen molar-refractivity contribution in [1.29, 1.82) is 0 Å². The van der Waals surface area contributed by atoms with Crippen LogP contribution in [0.25, 0.3) is 21.6 Å². The maximum atomic E-state index is 12.9. The molecule has 7 nitrogen and oxygen atoms in total. The molecule has 182 valence electrons. The first-order chi connectivity index (χ1) is 17.6. The summed E-state index contributed by atoms with van der Waals surface area (Å²) < 4.78 is 0. The molecule has 2 aromatic carbocycles. The molecule has 0 saturated heterocycles. The number of benzene rings is 2. The lowest BCUT2D eigenvalue weighted by molar-refractivity contribution is -0.116. The first-order valence-electron chi connectivity index (χ1n) is 12.0. The van der Waals surface area contributed by atoms with Crippen LogP contribution in [-0.2, 0) is 11.3 Å². The summed E-state index contributed by atoms with van der Waals surface area (Å²) in [5.41, 5.74) is 12.0. The number of aromatic nitrogens is 2. The minimum atomic E-state index is -0.0515. The average molecular weight is 498 g/mol. The maximum Gasteiger partial charge on any atom is 0.254 e. The highest BCUT2D eigenvalue weighted by Gasteiger charge is 2.29. The van der Waals surface area contributed by atoms with Gasteiger partial charge in [-0.3, -0.25) is 9.59 Å². The molecule has 5 rings (SSSR count). The number of hydrogen-bond acceptors (Lipinski definition) is 6. The average Bonchev–Trinajstić information content (AvgIpc) is 3.54. The van der Waals surface area contributed by atoms with E-state index in [4.69, 9.17) is 5.73 Å². The first-order valence-corrected chi connectivity index (χ1v) is 12.9. The van der Waals surface area contributed by atoms with Gasteiger partial charge in [-0.15, -0.1) is 11.3 Å². The van der Waals surface area contributed by atoms with Crippen LogP contribution in [0, 0.1) is 0 Å². The third kappa shape index (κ3) is 5.13. The van der Waals surface area contributed by atoms with Crippen LogP contribution in [0.4, 0.5) is 11.4 Å². The lowest BCUT2D eigenvalue weighted by Crippen LogP contribution is -2.25. The standard InChI is InChI=1S/C28H27N5O2S/c29-24-11-10-19(26-8-5-13-36-26)14-25(24)32-27(34)9-2-1-3-12-33-17-23-21(20-15-30-18-31-16-20)6-4-7-22(23)28(33)35/h4-8,10-11,13-16,18H,1-3,9,12,17,29H2,(H,32,34). The van der Waals surface area contributed by atoms with Gasteiger partial charge in [0.25, 0.3) is 5.91 Å². The van der Waals surface area contributed by atoms with Crippen molar-refractivity contribution < 1.29 is 9.59 Å². The normalized spacial score (nSPS) is 12.6. The number of nitrogens with zero attached hydrogens (tertiary/aromatic N) is 3. The van der Waals surface area contributed by atoms with Crippen LogP contribution in [0.3, 0.4) is 0 Å². The van der Waals surface area contributed by atoms with E-state index in [1.807, 2.05) is 58.8 Å². The summed E-state index contributed by atoms with van der Waals surface area (Å²) in [4.78, 5) is 36.7. The number of rotatable bonds is 9. The number of hydrogen-bond donors (Lipinski definition) is 2. The fourth-order valence-corrected chi connectivity index (χ4v) is 5.24. The van der Waals surface area contributed by atoms with Crippen LogP contribution in [0.2, 0.25) is 0 Å². The Morgan fingerprint density at radius 2 is 1.83 bits per heavy atom. The lowest BCUT2D eigenvalue weighted by Gasteiger charge is -2.15. The number of anilines is 2. The summed E-state index contributed by atoms with van der Waals surface area (Å²) in [6, 6.07) is 15.6. The molecule has 0 aliphatic carbocycles. The predicted octanol–water partition coefficient (Wildman–Crippen LogP) is 5.61. The van der Waals surface area contributed by atoms with Gasteiger partial charge in [0.2, 0.25) is 5.91 Å². The van der Waals surface area contributed by atoms with Crippen molar-refractivity contribution >= 4 is 34.5 Å². The highest BCUT2D eigenvalue weighted by atomic mass is 32.1. The number of nitrogens with one attached hydrogen (secondary N) is 1. The second kappa shape index (κ2) is 10.7. The molecular formula is C28H27N5O2S. The van der Waals surface area contributed by atoms with Crippen molar-refractivity contribution in [3.8, 4) is 21.6 Å². The number of carbonyl (C=O) groups is 2. The van der Waals surface area contributed by atoms with Crippen molar-refractivity contribution in [3.05, 3.63) is 83.8 Å². The van der Waals surface area contributed by atoms with Crippen LogP contribution in [0.5, 0.6) is 0 Å². The second-order valence-electron chi connectivity index (χ2n) is 8.82. The van der Waals surface area contributed by atoms with E-state index in [0.717, 1.165) is 52.0 Å². The molecule has 0 saturated carbocycles. The molecule has 1 aliphatic heterocycles. The molecular weight excluding hydrogens is 470 g/mol. The van der Waals surface area contributed by atoms with E-state index in [0.29, 0.717) is 30.9 Å². The van der Waals surface area contributed by atoms with Crippen molar-refractivity contribution in [2.24, 2.45) is 0 Å². The van der Waals surface area contributed by atoms with Gasteiger partial charge in [-0.2, -0.15) is 0 Å². The van der Waals surface area contributed by atoms with E-state index in [1.54, 1.807) is 23.7 Å². The third-order valence-corrected chi connectivity index (χ3v) is 7.30. The van der Waals surface area contributed by atoms with Crippen LogP contribution in [-0.4, -0.2) is 33.2 Å². The van der Waals surface area contributed by atoms with Crippen LogP contribution in [0.1, 0.15) is 41.6 Å². The van der Waals surface area contributed by atoms with Crippen molar-refractivity contribution in [2.45, 2.75) is 32.2 Å². The summed E-state index contributed by atoms with van der Waals surface area (Å²) in [6.45, 7) is 1.25. The van der Waals surface area contributed by atoms with Gasteiger partial charge in [0.05, 0.1) is 11.4 Å². The number of unbranched alkanes of at least 4 members (excludes halogenated alkanes) is 2. The Hall–Kier alpha value is -4.04. The Morgan fingerprint density at radius 3 is 2.64 bits per heavy atom. The molecule has 2 aromatic heterocycles. The SMILES string of the molecule is Nc1ccc(-c2cccs2)cc1NC(=O)CCCCCN1Cc2c(cccc2-c2cncnc2)C1=O. The van der Waals surface area contributed by atoms with Gasteiger partial charge in [0, 0.05) is 47.9 Å². The Bertz CT molecular complexity index is 1370. The molecule has 0 bridgehead atoms. The fourth-order valence-electron chi connectivity index (χ4n) is 4.52. The minimum Gasteiger partial charge on any atom is -0.397 e. The summed E-state index contributed by atoms with van der Waals surface area (Å²) in [6.07, 6.45) is 7.90. The van der Waals surface area contributed by atoms with Gasteiger partial charge < -0.3 is 16.0 Å². The smallest absolute Gasteiger partial charge is 0.254 e. The molecule has 8 heteroatoms. The lowest BCUT2D eigenvalue weighted by atomic mass is 9.99. The molecule has 0 spiro atoms. The summed E-state index contributed by atoms with van der Waals surface area (Å²) in [5, 5.41) is 4.97. The number of nitrogen functional groups attached to an aromatic ring is 1. The van der Waals surface area contributed by atoms with Crippen molar-refractivity contribution in [1.82, 2.24) is 14.9 Å². The molecule has 0 radical (unpaired) electrons. The molecule has 36 heavy (non-hydrogen) atoms. The molecule has 3 heterocycles. The van der Waals surface area contributed by atoms with Gasteiger partial charge in [-0.05, 0) is 59.2 Å². The summed E-state index contributed by atoms with van der Waals surface area (Å²) >= 11 is 1.65. The van der Waals surface area contributed by atoms with Crippen LogP contribution >= 0.6 is 11.3 Å². The first kappa shape index (κ1) is 23.7. The van der Waals surface area contributed by atoms with Gasteiger partial charge >= 0.3 is 0 Å². The van der Waals surface area contributed by atoms with Gasteiger partial charge in [0.15, 0.2) is 0 Å². The zero-order valence-corrected chi connectivity index (χ0v) is 20.6. The number of nitrogens with two attached hydrogens (primary N) is 1. The molecule has 0 unspecified atom stereocenters. The topological polar surface area (TPSA) is 101 Å². The van der Waals surface area contributed by atoms with E-state index < -0.39 is 0 Å². The maximum absolute atomic E-state index is 12.9. The Balaban J connectivity index is 1.10.